The Bertz CT molecular complexity index is 776. The van der Waals surface area contributed by atoms with Gasteiger partial charge in [-0.3, -0.25) is 4.79 Å². The fourth-order valence-electron chi connectivity index (χ4n) is 2.13. The van der Waals surface area contributed by atoms with E-state index in [1.54, 1.807) is 11.3 Å². The number of thiophene rings is 1. The van der Waals surface area contributed by atoms with Crippen molar-refractivity contribution in [3.05, 3.63) is 51.7 Å². The average Bonchev–Trinajstić information content (AvgIpc) is 3.06. The van der Waals surface area contributed by atoms with Gasteiger partial charge >= 0.3 is 0 Å². The lowest BCUT2D eigenvalue weighted by Gasteiger charge is -1.98. The van der Waals surface area contributed by atoms with Crippen molar-refractivity contribution in [1.82, 2.24) is 20.2 Å². The predicted octanol–water partition coefficient (Wildman–Crippen LogP) is 2.90. The Morgan fingerprint density at radius 2 is 2.00 bits per heavy atom. The van der Waals surface area contributed by atoms with E-state index in [9.17, 15) is 4.79 Å². The van der Waals surface area contributed by atoms with E-state index in [0.717, 1.165) is 20.9 Å². The summed E-state index contributed by atoms with van der Waals surface area (Å²) in [6.07, 6.45) is 0. The zero-order chi connectivity index (χ0) is 14.8. The molecule has 0 radical (unpaired) electrons. The lowest BCUT2D eigenvalue weighted by atomic mass is 10.1. The van der Waals surface area contributed by atoms with Crippen molar-refractivity contribution in [1.29, 1.82) is 0 Å². The molecule has 0 N–H and O–H groups in total. The molecule has 0 amide bonds. The topological polar surface area (TPSA) is 60.7 Å². The molecule has 0 fully saturated rings. The van der Waals surface area contributed by atoms with Crippen molar-refractivity contribution in [3.8, 4) is 11.4 Å². The monoisotopic (exact) mass is 298 g/mol. The van der Waals surface area contributed by atoms with Crippen LogP contribution in [0.2, 0.25) is 0 Å². The Balaban J connectivity index is 1.79. The number of hydrogen-bond acceptors (Lipinski definition) is 5. The summed E-state index contributed by atoms with van der Waals surface area (Å²) in [5, 5.41) is 12.2. The third-order valence-electron chi connectivity index (χ3n) is 3.11. The molecular formula is C15H14N4OS. The van der Waals surface area contributed by atoms with Crippen molar-refractivity contribution >= 4 is 17.1 Å². The number of rotatable bonds is 4. The first kappa shape index (κ1) is 13.6. The standard InChI is InChI=1S/C15H14N4OS/c1-10-8-13(11(2)21-10)14(20)9-19-17-15(16-18-19)12-6-4-3-5-7-12/h3-8H,9H2,1-2H3. The van der Waals surface area contributed by atoms with E-state index in [0.29, 0.717) is 5.82 Å². The highest BCUT2D eigenvalue weighted by molar-refractivity contribution is 7.12. The van der Waals surface area contributed by atoms with Crippen LogP contribution in [0.15, 0.2) is 36.4 Å². The van der Waals surface area contributed by atoms with E-state index < -0.39 is 0 Å². The quantitative estimate of drug-likeness (QED) is 0.695. The Morgan fingerprint density at radius 3 is 2.67 bits per heavy atom. The average molecular weight is 298 g/mol. The first-order valence-corrected chi connectivity index (χ1v) is 7.38. The summed E-state index contributed by atoms with van der Waals surface area (Å²) in [4.78, 5) is 15.8. The van der Waals surface area contributed by atoms with Crippen LogP contribution in [-0.2, 0) is 6.54 Å². The predicted molar refractivity (Wildman–Crippen MR) is 81.4 cm³/mol. The molecule has 0 aliphatic carbocycles. The minimum absolute atomic E-state index is 0.00821. The Morgan fingerprint density at radius 1 is 1.24 bits per heavy atom. The maximum Gasteiger partial charge on any atom is 0.204 e. The van der Waals surface area contributed by atoms with Gasteiger partial charge in [0.1, 0.15) is 6.54 Å². The minimum Gasteiger partial charge on any atom is -0.292 e. The first-order chi connectivity index (χ1) is 10.1. The summed E-state index contributed by atoms with van der Waals surface area (Å²) in [6, 6.07) is 11.5. The van der Waals surface area contributed by atoms with Gasteiger partial charge in [-0.2, -0.15) is 4.80 Å². The molecule has 0 saturated heterocycles. The summed E-state index contributed by atoms with van der Waals surface area (Å²) in [6.45, 7) is 4.06. The molecule has 0 aliphatic rings. The van der Waals surface area contributed by atoms with Crippen LogP contribution >= 0.6 is 11.3 Å². The van der Waals surface area contributed by atoms with Crippen molar-refractivity contribution in [3.63, 3.8) is 0 Å². The van der Waals surface area contributed by atoms with Gasteiger partial charge < -0.3 is 0 Å². The smallest absolute Gasteiger partial charge is 0.204 e. The van der Waals surface area contributed by atoms with E-state index in [4.69, 9.17) is 0 Å². The molecule has 0 aliphatic heterocycles. The Hall–Kier alpha value is -2.34. The third-order valence-corrected chi connectivity index (χ3v) is 4.08. The number of ketones is 1. The maximum atomic E-state index is 12.3. The number of aromatic nitrogens is 4. The van der Waals surface area contributed by atoms with Crippen LogP contribution < -0.4 is 0 Å². The highest BCUT2D eigenvalue weighted by Gasteiger charge is 2.14. The zero-order valence-corrected chi connectivity index (χ0v) is 12.6. The van der Waals surface area contributed by atoms with Crippen molar-refractivity contribution in [2.45, 2.75) is 20.4 Å². The third kappa shape index (κ3) is 2.90. The molecule has 0 unspecified atom stereocenters. The number of benzene rings is 1. The molecular weight excluding hydrogens is 284 g/mol. The Labute approximate surface area is 126 Å². The second-order valence-corrected chi connectivity index (χ2v) is 6.22. The first-order valence-electron chi connectivity index (χ1n) is 6.57. The number of Topliss-reactive ketones (excluding diaryl/α,β-unsaturated/α-hetero) is 1. The van der Waals surface area contributed by atoms with Crippen LogP contribution in [0, 0.1) is 13.8 Å². The van der Waals surface area contributed by atoms with Crippen molar-refractivity contribution < 1.29 is 4.79 Å². The number of aryl methyl sites for hydroxylation is 2. The van der Waals surface area contributed by atoms with E-state index in [1.165, 1.54) is 4.80 Å². The Kier molecular flexibility index (Phi) is 3.62. The minimum atomic E-state index is 0.00821. The lowest BCUT2D eigenvalue weighted by Crippen LogP contribution is -2.13. The van der Waals surface area contributed by atoms with Crippen LogP contribution in [0.25, 0.3) is 11.4 Å². The van der Waals surface area contributed by atoms with Gasteiger partial charge in [-0.1, -0.05) is 30.3 Å². The zero-order valence-electron chi connectivity index (χ0n) is 11.8. The van der Waals surface area contributed by atoms with E-state index in [-0.39, 0.29) is 12.3 Å². The number of tetrazole rings is 1. The molecule has 106 valence electrons. The van der Waals surface area contributed by atoms with E-state index in [2.05, 4.69) is 15.4 Å². The van der Waals surface area contributed by atoms with Gasteiger partial charge in [-0.05, 0) is 25.1 Å². The molecule has 6 heteroatoms. The molecule has 2 heterocycles. The van der Waals surface area contributed by atoms with Crippen LogP contribution in [0.1, 0.15) is 20.1 Å². The van der Waals surface area contributed by atoms with Gasteiger partial charge in [0.25, 0.3) is 0 Å². The molecule has 0 saturated carbocycles. The summed E-state index contributed by atoms with van der Waals surface area (Å²) in [5.74, 6) is 0.537. The van der Waals surface area contributed by atoms with Gasteiger partial charge in [0, 0.05) is 20.9 Å². The summed E-state index contributed by atoms with van der Waals surface area (Å²) >= 11 is 1.62. The van der Waals surface area contributed by atoms with Gasteiger partial charge in [0.2, 0.25) is 5.82 Å². The summed E-state index contributed by atoms with van der Waals surface area (Å²) < 4.78 is 0. The van der Waals surface area contributed by atoms with Crippen LogP contribution in [0.3, 0.4) is 0 Å². The van der Waals surface area contributed by atoms with E-state index >= 15 is 0 Å². The summed E-state index contributed by atoms with van der Waals surface area (Å²) in [5.41, 5.74) is 1.63. The molecule has 0 bridgehead atoms. The number of carbonyl (C=O) groups excluding carboxylic acids is 1. The molecule has 0 spiro atoms. The molecule has 3 rings (SSSR count). The number of carbonyl (C=O) groups is 1. The molecule has 0 atom stereocenters. The summed E-state index contributed by atoms with van der Waals surface area (Å²) in [7, 11) is 0. The molecule has 2 aromatic heterocycles. The largest absolute Gasteiger partial charge is 0.292 e. The number of nitrogens with zero attached hydrogens (tertiary/aromatic N) is 4. The van der Waals surface area contributed by atoms with Gasteiger partial charge in [-0.25, -0.2) is 0 Å². The lowest BCUT2D eigenvalue weighted by molar-refractivity contribution is 0.0961. The number of hydrogen-bond donors (Lipinski definition) is 0. The molecule has 5 nitrogen and oxygen atoms in total. The van der Waals surface area contributed by atoms with Crippen molar-refractivity contribution in [2.24, 2.45) is 0 Å². The van der Waals surface area contributed by atoms with Crippen LogP contribution in [0.4, 0.5) is 0 Å². The highest BCUT2D eigenvalue weighted by Crippen LogP contribution is 2.21. The maximum absolute atomic E-state index is 12.3. The van der Waals surface area contributed by atoms with Gasteiger partial charge in [0.15, 0.2) is 5.78 Å². The van der Waals surface area contributed by atoms with Gasteiger partial charge in [-0.15, -0.1) is 21.5 Å². The highest BCUT2D eigenvalue weighted by atomic mass is 32.1. The van der Waals surface area contributed by atoms with Crippen LogP contribution in [-0.4, -0.2) is 26.0 Å². The fourth-order valence-corrected chi connectivity index (χ4v) is 3.08. The van der Waals surface area contributed by atoms with Crippen LogP contribution in [0.5, 0.6) is 0 Å². The second-order valence-electron chi connectivity index (χ2n) is 4.76. The molecule has 3 aromatic rings. The fraction of sp³-hybridized carbons (Fsp3) is 0.200. The SMILES string of the molecule is Cc1cc(C(=O)Cn2nnc(-c3ccccc3)n2)c(C)s1. The van der Waals surface area contributed by atoms with Gasteiger partial charge in [0.05, 0.1) is 0 Å². The second kappa shape index (κ2) is 5.57. The normalized spacial score (nSPS) is 10.8. The van der Waals surface area contributed by atoms with E-state index in [1.807, 2.05) is 50.2 Å². The molecule has 1 aromatic carbocycles. The molecule has 21 heavy (non-hydrogen) atoms. The van der Waals surface area contributed by atoms with Crippen molar-refractivity contribution in [2.75, 3.05) is 0 Å².